The third kappa shape index (κ3) is 4.71. The van der Waals surface area contributed by atoms with Gasteiger partial charge < -0.3 is 9.79 Å². The Morgan fingerprint density at radius 2 is 1.71 bits per heavy atom. The van der Waals surface area contributed by atoms with Gasteiger partial charge in [-0.05, 0) is 48.4 Å². The van der Waals surface area contributed by atoms with Crippen molar-refractivity contribution in [3.63, 3.8) is 0 Å². The van der Waals surface area contributed by atoms with Crippen molar-refractivity contribution in [2.75, 3.05) is 0 Å². The number of benzene rings is 2. The maximum absolute atomic E-state index is 14.5. The molecule has 1 N–H and O–H groups in total. The molecule has 2 aromatic carbocycles. The number of aromatic nitrogens is 6. The number of H-pyrrole nitrogens is 1. The first-order valence-electron chi connectivity index (χ1n) is 12.2. The highest BCUT2D eigenvalue weighted by Gasteiger charge is 2.18. The molecule has 4 heterocycles. The van der Waals surface area contributed by atoms with Crippen molar-refractivity contribution >= 4 is 13.6 Å². The van der Waals surface area contributed by atoms with Crippen LogP contribution in [-0.2, 0) is 13.1 Å². The van der Waals surface area contributed by atoms with E-state index in [1.807, 2.05) is 73.8 Å². The van der Waals surface area contributed by atoms with Gasteiger partial charge in [0.05, 0.1) is 17.1 Å². The number of rotatable bonds is 7. The van der Waals surface area contributed by atoms with E-state index < -0.39 is 0 Å². The highest BCUT2D eigenvalue weighted by Crippen LogP contribution is 2.31. The van der Waals surface area contributed by atoms with Gasteiger partial charge in [0.1, 0.15) is 18.0 Å². The lowest BCUT2D eigenvalue weighted by atomic mass is 9.98. The lowest BCUT2D eigenvalue weighted by Crippen LogP contribution is -2.20. The number of nitrogens with zero attached hydrogens (tertiary/aromatic N) is 6. The zero-order valence-electron chi connectivity index (χ0n) is 20.7. The third-order valence-corrected chi connectivity index (χ3v) is 6.35. The second-order valence-electron chi connectivity index (χ2n) is 9.09. The summed E-state index contributed by atoms with van der Waals surface area (Å²) in [6.07, 6.45) is 3.41. The van der Waals surface area contributed by atoms with Gasteiger partial charge in [0, 0.05) is 36.1 Å². The van der Waals surface area contributed by atoms with Crippen LogP contribution < -0.4 is 0 Å². The summed E-state index contributed by atoms with van der Waals surface area (Å²) in [5.74, 6) is 0.418. The molecule has 184 valence electrons. The zero-order chi connectivity index (χ0) is 26.1. The van der Waals surface area contributed by atoms with Crippen molar-refractivity contribution in [3.8, 4) is 33.8 Å². The summed E-state index contributed by atoms with van der Waals surface area (Å²) in [4.78, 5) is 19.0. The van der Waals surface area contributed by atoms with Crippen molar-refractivity contribution < 1.29 is 4.39 Å². The van der Waals surface area contributed by atoms with Crippen LogP contribution in [-0.4, -0.2) is 42.3 Å². The minimum atomic E-state index is -0.265. The van der Waals surface area contributed by atoms with Crippen LogP contribution in [0.25, 0.3) is 39.4 Å². The van der Waals surface area contributed by atoms with E-state index in [9.17, 15) is 4.39 Å². The predicted octanol–water partition coefficient (Wildman–Crippen LogP) is 5.38. The Morgan fingerprint density at radius 3 is 2.55 bits per heavy atom. The molecule has 0 fully saturated rings. The van der Waals surface area contributed by atoms with Gasteiger partial charge in [-0.25, -0.2) is 18.9 Å². The molecule has 0 saturated heterocycles. The third-order valence-electron chi connectivity index (χ3n) is 6.35. The lowest BCUT2D eigenvalue weighted by Gasteiger charge is -2.19. The van der Waals surface area contributed by atoms with E-state index in [1.165, 1.54) is 12.4 Å². The Bertz CT molecular complexity index is 1740. The zero-order valence-corrected chi connectivity index (χ0v) is 20.7. The minimum Gasteiger partial charge on any atom is -0.344 e. The second-order valence-corrected chi connectivity index (χ2v) is 9.09. The molecule has 0 aliphatic carbocycles. The van der Waals surface area contributed by atoms with E-state index in [4.69, 9.17) is 17.9 Å². The molecule has 6 aromatic rings. The monoisotopic (exact) mass is 499 g/mol. The molecule has 0 aliphatic rings. The van der Waals surface area contributed by atoms with Gasteiger partial charge in [-0.15, -0.1) is 0 Å². The summed E-state index contributed by atoms with van der Waals surface area (Å²) in [5, 5.41) is 4.26. The van der Waals surface area contributed by atoms with E-state index in [1.54, 1.807) is 21.5 Å². The molecular formula is C29H23BFN7. The van der Waals surface area contributed by atoms with E-state index >= 15 is 0 Å². The molecule has 0 saturated carbocycles. The van der Waals surface area contributed by atoms with Crippen LogP contribution in [0.1, 0.15) is 17.1 Å². The standard InChI is InChI=1S/C29H23BFN7/c1-19-7-6-12-25(34-19)29-28(21-13-14-27-32-18-33-38(27)16-21)35-26(36-29)17-37(30)15-20-8-2-3-9-22(20)23-10-4-5-11-24(23)31/h2-14,16,18H,15,17H2,1H3,(H,35,36). The first-order chi connectivity index (χ1) is 18.5. The van der Waals surface area contributed by atoms with E-state index in [0.29, 0.717) is 24.5 Å². The maximum Gasteiger partial charge on any atom is 0.183 e. The fraction of sp³-hybridized carbons (Fsp3) is 0.103. The minimum absolute atomic E-state index is 0.265. The molecule has 0 spiro atoms. The van der Waals surface area contributed by atoms with Crippen LogP contribution in [0.2, 0.25) is 0 Å². The van der Waals surface area contributed by atoms with Crippen molar-refractivity contribution in [2.45, 2.75) is 20.0 Å². The molecule has 4 aromatic heterocycles. The topological polar surface area (TPSA) is 75.0 Å². The SMILES string of the molecule is [B]N(Cc1nc(-c2ccc3ncnn3c2)c(-c2cccc(C)n2)[nH]1)Cc1ccccc1-c1ccccc1F. The highest BCUT2D eigenvalue weighted by molar-refractivity contribution is 6.04. The Kier molecular flexibility index (Phi) is 6.27. The molecule has 2 radical (unpaired) electrons. The molecule has 0 bridgehead atoms. The van der Waals surface area contributed by atoms with Gasteiger partial charge in [0.25, 0.3) is 0 Å². The maximum atomic E-state index is 14.5. The lowest BCUT2D eigenvalue weighted by molar-refractivity contribution is 0.432. The number of hydrogen-bond acceptors (Lipinski definition) is 5. The molecule has 7 nitrogen and oxygen atoms in total. The molecule has 38 heavy (non-hydrogen) atoms. The van der Waals surface area contributed by atoms with E-state index in [2.05, 4.69) is 15.1 Å². The van der Waals surface area contributed by atoms with Crippen LogP contribution in [0.15, 0.2) is 91.4 Å². The number of hydrogen-bond donors (Lipinski definition) is 1. The summed E-state index contributed by atoms with van der Waals surface area (Å²) in [6.45, 7) is 2.70. The summed E-state index contributed by atoms with van der Waals surface area (Å²) in [6, 6.07) is 24.2. The van der Waals surface area contributed by atoms with Crippen LogP contribution in [0.3, 0.4) is 0 Å². The average Bonchev–Trinajstić information content (AvgIpc) is 3.56. The fourth-order valence-electron chi connectivity index (χ4n) is 4.60. The molecule has 0 aliphatic heterocycles. The highest BCUT2D eigenvalue weighted by atomic mass is 19.1. The first kappa shape index (κ1) is 23.8. The van der Waals surface area contributed by atoms with Gasteiger partial charge in [-0.1, -0.05) is 48.5 Å². The number of aromatic amines is 1. The quantitative estimate of drug-likeness (QED) is 0.299. The molecule has 0 amide bonds. The summed E-state index contributed by atoms with van der Waals surface area (Å²) in [7, 11) is 6.49. The molecular weight excluding hydrogens is 476 g/mol. The molecule has 0 atom stereocenters. The second kappa shape index (κ2) is 10.0. The number of fused-ring (bicyclic) bond motifs is 1. The smallest absolute Gasteiger partial charge is 0.183 e. The van der Waals surface area contributed by atoms with Crippen molar-refractivity contribution in [1.29, 1.82) is 0 Å². The molecule has 6 rings (SSSR count). The van der Waals surface area contributed by atoms with Crippen molar-refractivity contribution in [3.05, 3.63) is 114 Å². The van der Waals surface area contributed by atoms with Gasteiger partial charge in [-0.3, -0.25) is 4.98 Å². The summed E-state index contributed by atoms with van der Waals surface area (Å²) in [5.41, 5.74) is 7.13. The Morgan fingerprint density at radius 1 is 0.895 bits per heavy atom. The average molecular weight is 499 g/mol. The summed E-state index contributed by atoms with van der Waals surface area (Å²) < 4.78 is 16.3. The Hall–Kier alpha value is -4.63. The first-order valence-corrected chi connectivity index (χ1v) is 12.2. The number of halogens is 1. The Balaban J connectivity index is 1.33. The van der Waals surface area contributed by atoms with E-state index in [0.717, 1.165) is 45.1 Å². The largest absolute Gasteiger partial charge is 0.344 e. The van der Waals surface area contributed by atoms with Crippen LogP contribution in [0.5, 0.6) is 0 Å². The van der Waals surface area contributed by atoms with Crippen molar-refractivity contribution in [1.82, 2.24) is 34.4 Å². The summed E-state index contributed by atoms with van der Waals surface area (Å²) >= 11 is 0. The number of imidazole rings is 1. The van der Waals surface area contributed by atoms with Gasteiger partial charge in [0.2, 0.25) is 0 Å². The van der Waals surface area contributed by atoms with Crippen LogP contribution in [0.4, 0.5) is 4.39 Å². The number of aryl methyl sites for hydroxylation is 1. The van der Waals surface area contributed by atoms with E-state index in [-0.39, 0.29) is 5.82 Å². The fourth-order valence-corrected chi connectivity index (χ4v) is 4.60. The normalized spacial score (nSPS) is 11.4. The van der Waals surface area contributed by atoms with Gasteiger partial charge >= 0.3 is 0 Å². The predicted molar refractivity (Wildman–Crippen MR) is 145 cm³/mol. The molecule has 9 heteroatoms. The van der Waals surface area contributed by atoms with Crippen molar-refractivity contribution in [2.24, 2.45) is 0 Å². The number of nitrogens with one attached hydrogen (secondary N) is 1. The van der Waals surface area contributed by atoms with Gasteiger partial charge in [0.15, 0.2) is 13.6 Å². The van der Waals surface area contributed by atoms with Crippen LogP contribution >= 0.6 is 0 Å². The van der Waals surface area contributed by atoms with Crippen LogP contribution in [0, 0.1) is 12.7 Å². The molecule has 0 unspecified atom stereocenters. The van der Waals surface area contributed by atoms with Gasteiger partial charge in [-0.2, -0.15) is 5.10 Å². The Labute approximate surface area is 220 Å². The number of pyridine rings is 2.